The van der Waals surface area contributed by atoms with Crippen molar-refractivity contribution in [3.63, 3.8) is 0 Å². The minimum atomic E-state index is -0.988. The van der Waals surface area contributed by atoms with E-state index in [-0.39, 0.29) is 64.9 Å². The molecule has 9 rings (SSSR count). The minimum Gasteiger partial charge on any atom is -0.497 e. The van der Waals surface area contributed by atoms with Crippen LogP contribution in [0, 0.1) is 31.3 Å². The van der Waals surface area contributed by atoms with Gasteiger partial charge in [-0.3, -0.25) is 4.90 Å². The van der Waals surface area contributed by atoms with E-state index in [1.54, 1.807) is 20.4 Å². The molecule has 0 radical (unpaired) electrons. The Morgan fingerprint density at radius 2 is 1.59 bits per heavy atom. The summed E-state index contributed by atoms with van der Waals surface area (Å²) in [7, 11) is 3.27. The summed E-state index contributed by atoms with van der Waals surface area (Å²) in [6.07, 6.45) is 2.73. The third-order valence-corrected chi connectivity index (χ3v) is 12.7. The first-order valence-electron chi connectivity index (χ1n) is 21.2. The highest BCUT2D eigenvalue weighted by Crippen LogP contribution is 2.45. The summed E-state index contributed by atoms with van der Waals surface area (Å²) in [5.74, 6) is -0.103. The topological polar surface area (TPSA) is 98.2 Å². The van der Waals surface area contributed by atoms with Crippen LogP contribution < -0.4 is 28.7 Å². The Balaban J connectivity index is 1.16. The Kier molecular flexibility index (Phi) is 11.5. The second kappa shape index (κ2) is 17.2. The first-order chi connectivity index (χ1) is 30.5. The van der Waals surface area contributed by atoms with Crippen LogP contribution in [-0.2, 0) is 13.1 Å². The Labute approximate surface area is 363 Å². The number of hydrogen-bond acceptors (Lipinski definition) is 11. The normalized spacial score (nSPS) is 18.8. The average Bonchev–Trinajstić information content (AvgIpc) is 3.77. The number of rotatable bonds is 13. The van der Waals surface area contributed by atoms with Crippen LogP contribution in [0.25, 0.3) is 22.2 Å². The summed E-state index contributed by atoms with van der Waals surface area (Å²) >= 11 is 0. The molecule has 3 aliphatic heterocycles. The number of halogens is 4. The number of methoxy groups -OCH3 is 2. The highest BCUT2D eigenvalue weighted by Gasteiger charge is 2.49. The van der Waals surface area contributed by atoms with Crippen molar-refractivity contribution >= 4 is 22.5 Å². The van der Waals surface area contributed by atoms with E-state index >= 15 is 8.78 Å². The number of benzene rings is 3. The molecule has 15 heteroatoms. The number of ether oxygens (including phenoxy) is 4. The standard InChI is InChI=1S/C48H49F4N7O4/c1-28-22-37(40(51)29(2)39(28)50)42-41(52)43-38-45(56-47(55-43)63-27-48-17-7-19-58(48)26-33(49)23-48)59(20-21-62-46(38)54-42)30(3)36-8-6-18-53-44(36)57(24-31-9-13-34(60-4)14-10-31)25-32-11-15-35(61-5)16-12-32/h6,8-16,18,22,30,33H,7,17,19-21,23-27H2,1-5H3/t30-,33-,48+/m1/s1. The van der Waals surface area contributed by atoms with E-state index in [1.165, 1.54) is 19.9 Å². The van der Waals surface area contributed by atoms with Crippen molar-refractivity contribution in [2.24, 2.45) is 0 Å². The summed E-state index contributed by atoms with van der Waals surface area (Å²) in [6.45, 7) is 7.37. The lowest BCUT2D eigenvalue weighted by Gasteiger charge is -2.34. The van der Waals surface area contributed by atoms with Crippen LogP contribution in [0.5, 0.6) is 23.4 Å². The van der Waals surface area contributed by atoms with Gasteiger partial charge in [-0.2, -0.15) is 9.97 Å². The van der Waals surface area contributed by atoms with Gasteiger partial charge in [0, 0.05) is 48.9 Å². The van der Waals surface area contributed by atoms with Gasteiger partial charge in [-0.1, -0.05) is 30.3 Å². The van der Waals surface area contributed by atoms with Gasteiger partial charge in [-0.05, 0) is 93.2 Å². The van der Waals surface area contributed by atoms with Gasteiger partial charge in [0.1, 0.15) is 70.8 Å². The maximum Gasteiger partial charge on any atom is 0.319 e. The Hall–Kier alpha value is -6.22. The molecule has 11 nitrogen and oxygen atoms in total. The molecule has 0 N–H and O–H groups in total. The lowest BCUT2D eigenvalue weighted by Crippen LogP contribution is -2.43. The quantitative estimate of drug-likeness (QED) is 0.104. The zero-order valence-electron chi connectivity index (χ0n) is 35.9. The predicted octanol–water partition coefficient (Wildman–Crippen LogP) is 9.26. The lowest BCUT2D eigenvalue weighted by atomic mass is 9.95. The van der Waals surface area contributed by atoms with Crippen molar-refractivity contribution in [2.75, 3.05) is 56.9 Å². The van der Waals surface area contributed by atoms with Gasteiger partial charge < -0.3 is 28.7 Å². The van der Waals surface area contributed by atoms with E-state index in [4.69, 9.17) is 28.9 Å². The van der Waals surface area contributed by atoms with E-state index in [0.29, 0.717) is 37.7 Å². The monoisotopic (exact) mass is 863 g/mol. The molecule has 2 saturated heterocycles. The third kappa shape index (κ3) is 7.91. The molecule has 0 bridgehead atoms. The minimum absolute atomic E-state index is 0.000329. The van der Waals surface area contributed by atoms with Gasteiger partial charge in [0.15, 0.2) is 5.82 Å². The molecule has 0 spiro atoms. The number of pyridine rings is 2. The van der Waals surface area contributed by atoms with Crippen LogP contribution in [0.15, 0.2) is 72.9 Å². The number of fused-ring (bicyclic) bond motifs is 1. The van der Waals surface area contributed by atoms with E-state index in [1.807, 2.05) is 72.5 Å². The fourth-order valence-electron chi connectivity index (χ4n) is 9.42. The van der Waals surface area contributed by atoms with Gasteiger partial charge in [0.05, 0.1) is 32.3 Å². The highest BCUT2D eigenvalue weighted by atomic mass is 19.1. The van der Waals surface area contributed by atoms with Crippen LogP contribution in [0.2, 0.25) is 0 Å². The number of alkyl halides is 1. The maximum absolute atomic E-state index is 17.2. The van der Waals surface area contributed by atoms with Crippen molar-refractivity contribution in [1.29, 1.82) is 0 Å². The molecule has 3 aromatic carbocycles. The van der Waals surface area contributed by atoms with Crippen molar-refractivity contribution in [2.45, 2.75) is 70.9 Å². The zero-order valence-corrected chi connectivity index (χ0v) is 35.9. The molecule has 2 fully saturated rings. The Morgan fingerprint density at radius 3 is 2.27 bits per heavy atom. The fraction of sp³-hybridized carbons (Fsp3) is 0.375. The van der Waals surface area contributed by atoms with Gasteiger partial charge >= 0.3 is 6.01 Å². The van der Waals surface area contributed by atoms with Crippen LogP contribution in [-0.4, -0.2) is 83.6 Å². The van der Waals surface area contributed by atoms with E-state index in [9.17, 15) is 8.78 Å². The average molecular weight is 864 g/mol. The van der Waals surface area contributed by atoms with Gasteiger partial charge in [-0.15, -0.1) is 0 Å². The molecule has 3 aliphatic rings. The number of nitrogens with zero attached hydrogens (tertiary/aromatic N) is 7. The molecule has 0 aliphatic carbocycles. The third-order valence-electron chi connectivity index (χ3n) is 12.7. The van der Waals surface area contributed by atoms with E-state index in [2.05, 4.69) is 19.8 Å². The second-order valence-corrected chi connectivity index (χ2v) is 16.7. The molecule has 3 atom stereocenters. The first kappa shape index (κ1) is 42.1. The van der Waals surface area contributed by atoms with Crippen LogP contribution in [0.4, 0.5) is 29.2 Å². The maximum atomic E-state index is 17.2. The van der Waals surface area contributed by atoms with Crippen molar-refractivity contribution < 1.29 is 36.5 Å². The fourth-order valence-corrected chi connectivity index (χ4v) is 9.42. The molecular weight excluding hydrogens is 815 g/mol. The summed E-state index contributed by atoms with van der Waals surface area (Å²) < 4.78 is 86.3. The van der Waals surface area contributed by atoms with Gasteiger partial charge in [0.2, 0.25) is 5.88 Å². The molecule has 6 aromatic rings. The molecule has 0 unspecified atom stereocenters. The Bertz CT molecular complexity index is 2610. The first-order valence-corrected chi connectivity index (χ1v) is 21.2. The summed E-state index contributed by atoms with van der Waals surface area (Å²) in [5.41, 5.74) is 1.45. The van der Waals surface area contributed by atoms with Crippen LogP contribution in [0.3, 0.4) is 0 Å². The second-order valence-electron chi connectivity index (χ2n) is 16.7. The number of anilines is 2. The smallest absolute Gasteiger partial charge is 0.319 e. The van der Waals surface area contributed by atoms with Gasteiger partial charge in [0.25, 0.3) is 0 Å². The molecular formula is C48H49F4N7O4. The molecule has 0 amide bonds. The molecule has 6 heterocycles. The van der Waals surface area contributed by atoms with Crippen molar-refractivity contribution in [3.8, 4) is 34.6 Å². The predicted molar refractivity (Wildman–Crippen MR) is 232 cm³/mol. The largest absolute Gasteiger partial charge is 0.497 e. The SMILES string of the molecule is COc1ccc(CN(Cc2ccc(OC)cc2)c2ncccc2[C@@H](C)N2CCOc3nc(-c4cc(C)c(F)c(C)c4F)c(F)c4nc(OC[C@@]56CCCN5C[C@H](F)C6)nc2c34)cc1. The van der Waals surface area contributed by atoms with E-state index in [0.717, 1.165) is 47.6 Å². The number of aromatic nitrogens is 4. The van der Waals surface area contributed by atoms with Crippen molar-refractivity contribution in [1.82, 2.24) is 24.8 Å². The lowest BCUT2D eigenvalue weighted by molar-refractivity contribution is 0.107. The van der Waals surface area contributed by atoms with E-state index < -0.39 is 35.2 Å². The Morgan fingerprint density at radius 1 is 0.889 bits per heavy atom. The molecule has 3 aromatic heterocycles. The van der Waals surface area contributed by atoms with Crippen LogP contribution >= 0.6 is 0 Å². The summed E-state index contributed by atoms with van der Waals surface area (Å²) in [5, 5.41) is 0.174. The van der Waals surface area contributed by atoms with Crippen LogP contribution in [0.1, 0.15) is 60.0 Å². The summed E-state index contributed by atoms with van der Waals surface area (Å²) in [4.78, 5) is 25.4. The van der Waals surface area contributed by atoms with Crippen molar-refractivity contribution in [3.05, 3.63) is 118 Å². The molecule has 328 valence electrons. The van der Waals surface area contributed by atoms with Gasteiger partial charge in [-0.25, -0.2) is 27.5 Å². The molecule has 0 saturated carbocycles. The zero-order chi connectivity index (χ0) is 44.0. The number of hydrogen-bond donors (Lipinski definition) is 0. The summed E-state index contributed by atoms with van der Waals surface area (Å²) in [6, 6.07) is 20.3. The molecule has 63 heavy (non-hydrogen) atoms. The number of aryl methyl sites for hydroxylation is 1. The highest BCUT2D eigenvalue weighted by molar-refractivity contribution is 5.97.